The zero-order valence-corrected chi connectivity index (χ0v) is 20.0. The Bertz CT molecular complexity index is 968. The summed E-state index contributed by atoms with van der Waals surface area (Å²) in [4.78, 5) is 25.5. The maximum atomic E-state index is 12.3. The minimum absolute atomic E-state index is 0.148. The first kappa shape index (κ1) is 23.6. The molecule has 2 aliphatic rings. The van der Waals surface area contributed by atoms with Crippen LogP contribution in [-0.2, 0) is 26.9 Å². The number of nitrogens with two attached hydrogens (primary N) is 1. The first-order valence-corrected chi connectivity index (χ1v) is 12.4. The Hall–Kier alpha value is -2.52. The zero-order valence-electron chi connectivity index (χ0n) is 19.1. The second-order valence-electron chi connectivity index (χ2n) is 8.07. The van der Waals surface area contributed by atoms with E-state index in [0.717, 1.165) is 25.2 Å². The minimum Gasteiger partial charge on any atom is -0.463 e. The van der Waals surface area contributed by atoms with E-state index in [2.05, 4.69) is 44.5 Å². The molecule has 3 heterocycles. The molecule has 10 nitrogen and oxygen atoms in total. The lowest BCUT2D eigenvalue weighted by molar-refractivity contribution is -0.115. The second-order valence-corrected chi connectivity index (χ2v) is 9.91. The van der Waals surface area contributed by atoms with Crippen LogP contribution in [0, 0.1) is 0 Å². The fourth-order valence-electron chi connectivity index (χ4n) is 4.13. The predicted octanol–water partition coefficient (Wildman–Crippen LogP) is 2.60. The van der Waals surface area contributed by atoms with Crippen LogP contribution < -0.4 is 20.7 Å². The van der Waals surface area contributed by atoms with Crippen molar-refractivity contribution in [2.24, 2.45) is 0 Å². The molecule has 1 saturated heterocycles. The third-order valence-electron chi connectivity index (χ3n) is 5.68. The van der Waals surface area contributed by atoms with Gasteiger partial charge in [0.25, 0.3) is 0 Å². The summed E-state index contributed by atoms with van der Waals surface area (Å²) in [5, 5.41) is 2.79. The number of anilines is 3. The number of fused-ring (bicyclic) bond motifs is 1. The Labute approximate surface area is 195 Å². The molecule has 178 valence electrons. The van der Waals surface area contributed by atoms with Crippen LogP contribution in [-0.4, -0.2) is 67.4 Å². The van der Waals surface area contributed by atoms with Crippen LogP contribution >= 0.6 is 8.38 Å². The topological polar surface area (TPSA) is 115 Å². The van der Waals surface area contributed by atoms with Gasteiger partial charge in [-0.1, -0.05) is 24.3 Å². The minimum atomic E-state index is -1.01. The molecule has 1 fully saturated rings. The maximum absolute atomic E-state index is 12.3. The van der Waals surface area contributed by atoms with Gasteiger partial charge in [0, 0.05) is 27.3 Å². The first-order valence-electron chi connectivity index (χ1n) is 11.1. The van der Waals surface area contributed by atoms with Crippen molar-refractivity contribution in [3.05, 3.63) is 35.4 Å². The number of nitrogens with one attached hydrogen (secondary N) is 1. The van der Waals surface area contributed by atoms with Crippen LogP contribution in [0.4, 0.5) is 17.3 Å². The number of ether oxygens (including phenoxy) is 1. The van der Waals surface area contributed by atoms with Gasteiger partial charge in [-0.25, -0.2) is 0 Å². The molecular formula is C22H31N6O4P. The van der Waals surface area contributed by atoms with Gasteiger partial charge in [0.2, 0.25) is 5.91 Å². The summed E-state index contributed by atoms with van der Waals surface area (Å²) in [7, 11) is 2.19. The Kier molecular flexibility index (Phi) is 7.93. The molecule has 0 bridgehead atoms. The average molecular weight is 475 g/mol. The van der Waals surface area contributed by atoms with Gasteiger partial charge < -0.3 is 29.7 Å². The van der Waals surface area contributed by atoms with Crippen molar-refractivity contribution >= 4 is 31.6 Å². The number of hydrogen-bond donors (Lipinski definition) is 2. The molecule has 2 aliphatic heterocycles. The highest BCUT2D eigenvalue weighted by atomic mass is 31.2. The van der Waals surface area contributed by atoms with Gasteiger partial charge in [0.15, 0.2) is 20.0 Å². The maximum Gasteiger partial charge on any atom is 0.320 e. The van der Waals surface area contributed by atoms with E-state index >= 15 is 0 Å². The summed E-state index contributed by atoms with van der Waals surface area (Å²) in [5.41, 5.74) is 8.94. The molecule has 2 aromatic rings. The summed E-state index contributed by atoms with van der Waals surface area (Å²) >= 11 is 0. The van der Waals surface area contributed by atoms with Crippen LogP contribution in [0.2, 0.25) is 0 Å². The predicted molar refractivity (Wildman–Crippen MR) is 128 cm³/mol. The highest BCUT2D eigenvalue weighted by Gasteiger charge is 2.27. The Morgan fingerprint density at radius 1 is 1.12 bits per heavy atom. The van der Waals surface area contributed by atoms with Gasteiger partial charge in [0.1, 0.15) is 5.69 Å². The van der Waals surface area contributed by atoms with Gasteiger partial charge in [0.05, 0.1) is 19.3 Å². The summed E-state index contributed by atoms with van der Waals surface area (Å²) in [6, 6.07) is 8.65. The van der Waals surface area contributed by atoms with E-state index in [1.165, 1.54) is 18.4 Å². The standard InChI is InChI=1S/C22H31N6O4P/c1-30-33(31-2)11-10-32-22-25-20(23)19-21(26-22)28(15-18(29)24-19)14-17-7-5-6-16(12-17)13-27-8-3-4-9-27/h5-7,12H,3-4,8-11,13-15H2,1-2H3,(H,24,29)(H2,23,25,26). The number of likely N-dealkylation sites (tertiary alicyclic amines) is 1. The number of carbonyl (C=O) groups excluding carboxylic acids is 1. The van der Waals surface area contributed by atoms with Crippen molar-refractivity contribution in [2.75, 3.05) is 62.6 Å². The van der Waals surface area contributed by atoms with Crippen molar-refractivity contribution in [1.29, 1.82) is 0 Å². The van der Waals surface area contributed by atoms with E-state index in [1.54, 1.807) is 14.2 Å². The van der Waals surface area contributed by atoms with Gasteiger partial charge in [-0.05, 0) is 37.1 Å². The SMILES string of the molecule is COP(CCOc1nc(N)c2c(n1)N(Cc1cccc(CN3CCCC3)c1)CC(=O)N2)OC. The monoisotopic (exact) mass is 474 g/mol. The van der Waals surface area contributed by atoms with Crippen molar-refractivity contribution in [3.8, 4) is 6.01 Å². The number of nitrogens with zero attached hydrogens (tertiary/aromatic N) is 4. The Morgan fingerprint density at radius 3 is 2.58 bits per heavy atom. The molecule has 0 atom stereocenters. The molecule has 1 aromatic heterocycles. The normalized spacial score (nSPS) is 16.2. The van der Waals surface area contributed by atoms with Crippen molar-refractivity contribution in [2.45, 2.75) is 25.9 Å². The van der Waals surface area contributed by atoms with Gasteiger partial charge in [-0.2, -0.15) is 9.97 Å². The third kappa shape index (κ3) is 6.09. The number of rotatable bonds is 10. The Morgan fingerprint density at radius 2 is 1.85 bits per heavy atom. The number of carbonyl (C=O) groups is 1. The fourth-order valence-corrected chi connectivity index (χ4v) is 4.89. The van der Waals surface area contributed by atoms with Crippen LogP contribution in [0.15, 0.2) is 24.3 Å². The Balaban J connectivity index is 1.49. The lowest BCUT2D eigenvalue weighted by Gasteiger charge is -2.30. The molecule has 1 amide bonds. The molecule has 4 rings (SSSR count). The molecule has 0 radical (unpaired) electrons. The molecule has 0 spiro atoms. The number of hydrogen-bond acceptors (Lipinski definition) is 9. The highest BCUT2D eigenvalue weighted by molar-refractivity contribution is 7.47. The van der Waals surface area contributed by atoms with Crippen LogP contribution in [0.5, 0.6) is 6.01 Å². The number of benzene rings is 1. The summed E-state index contributed by atoms with van der Waals surface area (Å²) < 4.78 is 16.2. The highest BCUT2D eigenvalue weighted by Crippen LogP contribution is 2.36. The van der Waals surface area contributed by atoms with Gasteiger partial charge >= 0.3 is 6.01 Å². The molecule has 11 heteroatoms. The van der Waals surface area contributed by atoms with E-state index in [0.29, 0.717) is 30.8 Å². The number of aromatic nitrogens is 2. The quantitative estimate of drug-likeness (QED) is 0.501. The average Bonchev–Trinajstić information content (AvgIpc) is 3.31. The summed E-state index contributed by atoms with van der Waals surface area (Å²) in [5.74, 6) is 0.588. The van der Waals surface area contributed by atoms with Crippen LogP contribution in [0.3, 0.4) is 0 Å². The largest absolute Gasteiger partial charge is 0.463 e. The number of amides is 1. The van der Waals surface area contributed by atoms with Crippen LogP contribution in [0.1, 0.15) is 24.0 Å². The second kappa shape index (κ2) is 11.1. The van der Waals surface area contributed by atoms with E-state index in [9.17, 15) is 4.79 Å². The first-order chi connectivity index (χ1) is 16.1. The molecule has 33 heavy (non-hydrogen) atoms. The number of nitrogen functional groups attached to an aromatic ring is 1. The molecule has 0 unspecified atom stereocenters. The molecular weight excluding hydrogens is 443 g/mol. The van der Waals surface area contributed by atoms with E-state index in [-0.39, 0.29) is 24.3 Å². The van der Waals surface area contributed by atoms with Gasteiger partial charge in [-0.15, -0.1) is 0 Å². The third-order valence-corrected chi connectivity index (χ3v) is 7.04. The molecule has 3 N–H and O–H groups in total. The summed E-state index contributed by atoms with van der Waals surface area (Å²) in [6.07, 6.45) is 3.11. The van der Waals surface area contributed by atoms with E-state index in [4.69, 9.17) is 19.5 Å². The smallest absolute Gasteiger partial charge is 0.320 e. The lowest BCUT2D eigenvalue weighted by atomic mass is 10.1. The van der Waals surface area contributed by atoms with Crippen molar-refractivity contribution < 1.29 is 18.6 Å². The van der Waals surface area contributed by atoms with Crippen molar-refractivity contribution in [1.82, 2.24) is 14.9 Å². The zero-order chi connectivity index (χ0) is 23.2. The van der Waals surface area contributed by atoms with E-state index < -0.39 is 8.38 Å². The van der Waals surface area contributed by atoms with Crippen LogP contribution in [0.25, 0.3) is 0 Å². The van der Waals surface area contributed by atoms with E-state index in [1.807, 2.05) is 4.90 Å². The molecule has 1 aromatic carbocycles. The molecule has 0 saturated carbocycles. The molecule has 0 aliphatic carbocycles. The van der Waals surface area contributed by atoms with Crippen molar-refractivity contribution in [3.63, 3.8) is 0 Å². The fraction of sp³-hybridized carbons (Fsp3) is 0.500. The lowest BCUT2D eigenvalue weighted by Crippen LogP contribution is -2.39. The summed E-state index contributed by atoms with van der Waals surface area (Å²) in [6.45, 7) is 4.29. The van der Waals surface area contributed by atoms with Gasteiger partial charge in [-0.3, -0.25) is 9.69 Å².